The fourth-order valence-corrected chi connectivity index (χ4v) is 3.23. The topological polar surface area (TPSA) is 60.9 Å². The second kappa shape index (κ2) is 5.22. The number of benzene rings is 1. The minimum absolute atomic E-state index is 0.157. The monoisotopic (exact) mass is 331 g/mol. The van der Waals surface area contributed by atoms with E-state index in [0.717, 1.165) is 5.39 Å². The van der Waals surface area contributed by atoms with E-state index in [9.17, 15) is 13.6 Å². The van der Waals surface area contributed by atoms with Crippen LogP contribution in [0.25, 0.3) is 22.4 Å². The lowest BCUT2D eigenvalue weighted by atomic mass is 10.1. The van der Waals surface area contributed by atoms with Gasteiger partial charge in [-0.05, 0) is 23.9 Å². The van der Waals surface area contributed by atoms with Gasteiger partial charge >= 0.3 is 0 Å². The molecule has 0 N–H and O–H groups in total. The van der Waals surface area contributed by atoms with Gasteiger partial charge in [-0.1, -0.05) is 23.4 Å². The third-order valence-corrected chi connectivity index (χ3v) is 4.58. The second-order valence-electron chi connectivity index (χ2n) is 6.23. The molecular formula is C17H15F2N3O2. The van der Waals surface area contributed by atoms with Crippen molar-refractivity contribution >= 4 is 10.8 Å². The van der Waals surface area contributed by atoms with E-state index in [4.69, 9.17) is 4.52 Å². The van der Waals surface area contributed by atoms with Gasteiger partial charge in [-0.15, -0.1) is 0 Å². The van der Waals surface area contributed by atoms with Gasteiger partial charge in [0.15, 0.2) is 5.82 Å². The molecule has 2 heterocycles. The smallest absolute Gasteiger partial charge is 0.274 e. The molecule has 1 unspecified atom stereocenters. The molecule has 1 aliphatic carbocycles. The first kappa shape index (κ1) is 15.0. The Bertz CT molecular complexity index is 977. The molecule has 24 heavy (non-hydrogen) atoms. The number of hydrogen-bond acceptors (Lipinski definition) is 4. The van der Waals surface area contributed by atoms with E-state index < -0.39 is 11.8 Å². The number of rotatable bonds is 2. The van der Waals surface area contributed by atoms with Crippen LogP contribution < -0.4 is 5.56 Å². The van der Waals surface area contributed by atoms with Gasteiger partial charge in [0.05, 0.1) is 0 Å². The van der Waals surface area contributed by atoms with Crippen LogP contribution in [0.2, 0.25) is 0 Å². The molecule has 2 aromatic heterocycles. The zero-order valence-corrected chi connectivity index (χ0v) is 13.0. The predicted molar refractivity (Wildman–Crippen MR) is 84.0 cm³/mol. The van der Waals surface area contributed by atoms with E-state index in [0.29, 0.717) is 17.5 Å². The molecule has 0 saturated heterocycles. The van der Waals surface area contributed by atoms with Crippen LogP contribution >= 0.6 is 0 Å². The first-order valence-electron chi connectivity index (χ1n) is 7.75. The summed E-state index contributed by atoms with van der Waals surface area (Å²) in [6.45, 7) is 0. The molecular weight excluding hydrogens is 316 g/mol. The van der Waals surface area contributed by atoms with E-state index in [-0.39, 0.29) is 30.1 Å². The van der Waals surface area contributed by atoms with Crippen molar-refractivity contribution in [1.29, 1.82) is 0 Å². The molecule has 1 saturated carbocycles. The summed E-state index contributed by atoms with van der Waals surface area (Å²) in [5, 5.41) is 5.22. The van der Waals surface area contributed by atoms with Crippen molar-refractivity contribution < 1.29 is 13.3 Å². The van der Waals surface area contributed by atoms with Crippen molar-refractivity contribution in [3.05, 3.63) is 46.5 Å². The third-order valence-electron chi connectivity index (χ3n) is 4.58. The van der Waals surface area contributed by atoms with Gasteiger partial charge in [0, 0.05) is 31.2 Å². The molecule has 0 radical (unpaired) electrons. The highest BCUT2D eigenvalue weighted by molar-refractivity contribution is 5.84. The highest BCUT2D eigenvalue weighted by Gasteiger charge is 2.42. The Labute approximate surface area is 135 Å². The highest BCUT2D eigenvalue weighted by Crippen LogP contribution is 2.43. The molecule has 0 bridgehead atoms. The lowest BCUT2D eigenvalue weighted by molar-refractivity contribution is 0.00749. The van der Waals surface area contributed by atoms with E-state index in [2.05, 4.69) is 10.1 Å². The van der Waals surface area contributed by atoms with Gasteiger partial charge in [0.1, 0.15) is 5.69 Å². The summed E-state index contributed by atoms with van der Waals surface area (Å²) in [5.74, 6) is -2.62. The molecule has 0 amide bonds. The number of halogens is 2. The summed E-state index contributed by atoms with van der Waals surface area (Å²) in [7, 11) is 1.62. The molecule has 4 rings (SSSR count). The maximum atomic E-state index is 13.4. The van der Waals surface area contributed by atoms with Gasteiger partial charge in [0.2, 0.25) is 5.92 Å². The van der Waals surface area contributed by atoms with Crippen LogP contribution in [0.15, 0.2) is 39.6 Å². The fourth-order valence-electron chi connectivity index (χ4n) is 3.23. The second-order valence-corrected chi connectivity index (χ2v) is 6.23. The SMILES string of the molecule is Cn1c(-c2nc(C3CCC(F)(F)C3)no2)cc2ccccc2c1=O. The van der Waals surface area contributed by atoms with Gasteiger partial charge in [-0.2, -0.15) is 4.98 Å². The number of nitrogens with zero attached hydrogens (tertiary/aromatic N) is 3. The van der Waals surface area contributed by atoms with E-state index in [1.54, 1.807) is 25.2 Å². The molecule has 0 aliphatic heterocycles. The van der Waals surface area contributed by atoms with Crippen molar-refractivity contribution in [1.82, 2.24) is 14.7 Å². The molecule has 1 fully saturated rings. The largest absolute Gasteiger partial charge is 0.332 e. The Morgan fingerprint density at radius 3 is 2.88 bits per heavy atom. The van der Waals surface area contributed by atoms with Gasteiger partial charge in [0.25, 0.3) is 11.4 Å². The summed E-state index contributed by atoms with van der Waals surface area (Å²) >= 11 is 0. The van der Waals surface area contributed by atoms with E-state index >= 15 is 0 Å². The Morgan fingerprint density at radius 2 is 2.12 bits per heavy atom. The van der Waals surface area contributed by atoms with Gasteiger partial charge < -0.3 is 9.09 Å². The molecule has 0 spiro atoms. The minimum Gasteiger partial charge on any atom is -0.332 e. The maximum Gasteiger partial charge on any atom is 0.274 e. The molecule has 124 valence electrons. The number of alkyl halides is 2. The summed E-state index contributed by atoms with van der Waals surface area (Å²) in [4.78, 5) is 16.7. The highest BCUT2D eigenvalue weighted by atomic mass is 19.3. The Morgan fingerprint density at radius 1 is 1.33 bits per heavy atom. The lowest BCUT2D eigenvalue weighted by Gasteiger charge is -2.07. The van der Waals surface area contributed by atoms with E-state index in [1.165, 1.54) is 4.57 Å². The van der Waals surface area contributed by atoms with Crippen molar-refractivity contribution in [3.63, 3.8) is 0 Å². The first-order valence-corrected chi connectivity index (χ1v) is 7.75. The average Bonchev–Trinajstić information content (AvgIpc) is 3.17. The van der Waals surface area contributed by atoms with Crippen LogP contribution in [0.3, 0.4) is 0 Å². The minimum atomic E-state index is -2.67. The van der Waals surface area contributed by atoms with Crippen LogP contribution in [-0.4, -0.2) is 20.6 Å². The molecule has 3 aromatic rings. The standard InChI is InChI=1S/C17H15F2N3O2/c1-22-13(8-10-4-2-3-5-12(10)16(22)23)15-20-14(21-24-15)11-6-7-17(18,19)9-11/h2-5,8,11H,6-7,9H2,1H3. The van der Waals surface area contributed by atoms with Crippen LogP contribution in [0.4, 0.5) is 8.78 Å². The fraction of sp³-hybridized carbons (Fsp3) is 0.353. The predicted octanol–water partition coefficient (Wildman–Crippen LogP) is 3.49. The van der Waals surface area contributed by atoms with Crippen LogP contribution in [0, 0.1) is 0 Å². The van der Waals surface area contributed by atoms with Gasteiger partial charge in [-0.3, -0.25) is 4.79 Å². The normalized spacial score (nSPS) is 19.9. The van der Waals surface area contributed by atoms with Crippen molar-refractivity contribution in [3.8, 4) is 11.6 Å². The summed E-state index contributed by atoms with van der Waals surface area (Å²) in [5.41, 5.74) is 0.303. The summed E-state index contributed by atoms with van der Waals surface area (Å²) in [6, 6.07) is 9.01. The van der Waals surface area contributed by atoms with Crippen molar-refractivity contribution in [2.75, 3.05) is 0 Å². The zero-order valence-electron chi connectivity index (χ0n) is 13.0. The van der Waals surface area contributed by atoms with Crippen LogP contribution in [0.1, 0.15) is 31.0 Å². The molecule has 5 nitrogen and oxygen atoms in total. The van der Waals surface area contributed by atoms with Crippen LogP contribution in [-0.2, 0) is 7.05 Å². The number of aromatic nitrogens is 3. The Hall–Kier alpha value is -2.57. The number of hydrogen-bond donors (Lipinski definition) is 0. The molecule has 1 atom stereocenters. The maximum absolute atomic E-state index is 13.4. The quantitative estimate of drug-likeness (QED) is 0.721. The summed E-state index contributed by atoms with van der Waals surface area (Å²) in [6.07, 6.45) is -0.0821. The third kappa shape index (κ3) is 2.40. The molecule has 7 heteroatoms. The van der Waals surface area contributed by atoms with Crippen molar-refractivity contribution in [2.45, 2.75) is 31.1 Å². The summed E-state index contributed by atoms with van der Waals surface area (Å²) < 4.78 is 33.4. The van der Waals surface area contributed by atoms with Crippen molar-refractivity contribution in [2.24, 2.45) is 7.05 Å². The molecule has 1 aliphatic rings. The van der Waals surface area contributed by atoms with Crippen LogP contribution in [0.5, 0.6) is 0 Å². The zero-order chi connectivity index (χ0) is 16.9. The van der Waals surface area contributed by atoms with Gasteiger partial charge in [-0.25, -0.2) is 8.78 Å². The number of fused-ring (bicyclic) bond motifs is 1. The first-order chi connectivity index (χ1) is 11.4. The average molecular weight is 331 g/mol. The van der Waals surface area contributed by atoms with E-state index in [1.807, 2.05) is 12.1 Å². The number of pyridine rings is 1. The Balaban J connectivity index is 1.76. The lowest BCUT2D eigenvalue weighted by Crippen LogP contribution is -2.18. The Kier molecular flexibility index (Phi) is 3.26. The molecule has 1 aromatic carbocycles.